The number of nitro groups is 4. The summed E-state index contributed by atoms with van der Waals surface area (Å²) in [6.07, 6.45) is 2.42. The summed E-state index contributed by atoms with van der Waals surface area (Å²) >= 11 is 15.0. The van der Waals surface area contributed by atoms with Crippen molar-refractivity contribution in [2.75, 3.05) is 74.5 Å². The van der Waals surface area contributed by atoms with E-state index >= 15 is 0 Å². The first-order valence-electron chi connectivity index (χ1n) is 29.4. The van der Waals surface area contributed by atoms with Crippen LogP contribution in [0.25, 0.3) is 0 Å². The van der Waals surface area contributed by atoms with E-state index in [1.165, 1.54) is 50.5 Å². The maximum Gasteiger partial charge on any atom is 0.373 e. The third-order valence-corrected chi connectivity index (χ3v) is 15.3. The van der Waals surface area contributed by atoms with E-state index in [1.54, 1.807) is 20.8 Å². The van der Waals surface area contributed by atoms with Gasteiger partial charge in [0.15, 0.2) is 23.0 Å². The molecule has 536 valence electrons. The van der Waals surface area contributed by atoms with Gasteiger partial charge in [-0.3, -0.25) is 64.4 Å². The predicted octanol–water partition coefficient (Wildman–Crippen LogP) is 8.07. The number of hydrogen-bond donors (Lipinski definition) is 4. The van der Waals surface area contributed by atoms with Gasteiger partial charge in [-0.15, -0.1) is 0 Å². The zero-order valence-corrected chi connectivity index (χ0v) is 59.6. The Bertz CT molecular complexity index is 3550. The van der Waals surface area contributed by atoms with Gasteiger partial charge >= 0.3 is 18.1 Å². The summed E-state index contributed by atoms with van der Waals surface area (Å²) in [5, 5.41) is 76.0. The summed E-state index contributed by atoms with van der Waals surface area (Å²) in [6.45, 7) is 6.23. The van der Waals surface area contributed by atoms with Crippen molar-refractivity contribution in [3.05, 3.63) is 122 Å². The quantitative estimate of drug-likeness (QED) is 0.0104. The van der Waals surface area contributed by atoms with Crippen molar-refractivity contribution in [2.24, 2.45) is 0 Å². The van der Waals surface area contributed by atoms with E-state index < -0.39 is 95.1 Å². The minimum Gasteiger partial charge on any atom is -0.493 e. The van der Waals surface area contributed by atoms with Crippen LogP contribution in [0.15, 0.2) is 48.5 Å². The Kier molecular flexibility index (Phi) is 35.9. The van der Waals surface area contributed by atoms with E-state index in [0.29, 0.717) is 69.0 Å². The fraction of sp³-hybridized carbons (Fsp3) is 0.483. The maximum atomic E-state index is 13.3. The maximum absolute atomic E-state index is 13.3. The molecule has 4 aromatic carbocycles. The SMILES string of the molecule is COC(=O)C1CC(O)CN1C(=O)c1cc(C)c(OCCCCCOc2cc([N+](=O)[O-])c(C(=O)N3CC(O)CC3C)cc2OC)cc1[N+](=O)[O-].COC(=O)[C@H]1C[C@@H](O)CN1.COc1cc(C(=O)Cl)c([N+](=O)[O-])cc1OCCCCCOc1cc([N+](=O)[O-])c(C(=O)Cl)cc1C.II.O=C=O. The van der Waals surface area contributed by atoms with Crippen LogP contribution in [0.3, 0.4) is 0 Å². The molecule has 3 fully saturated rings. The zero-order valence-electron chi connectivity index (χ0n) is 53.7. The van der Waals surface area contributed by atoms with Gasteiger partial charge in [0.25, 0.3) is 45.0 Å². The number of hydrogen-bond acceptors (Lipinski definition) is 28. The summed E-state index contributed by atoms with van der Waals surface area (Å²) in [5.74, 6) is -1.44. The summed E-state index contributed by atoms with van der Waals surface area (Å²) in [6, 6.07) is 7.97. The molecule has 3 aliphatic heterocycles. The first-order valence-corrected chi connectivity index (χ1v) is 36.4. The third kappa shape index (κ3) is 24.3. The van der Waals surface area contributed by atoms with Crippen molar-refractivity contribution >= 4 is 124 Å². The van der Waals surface area contributed by atoms with Crippen LogP contribution in [0.4, 0.5) is 22.7 Å². The molecule has 0 radical (unpaired) electrons. The summed E-state index contributed by atoms with van der Waals surface area (Å²) in [5.41, 5.74) is -1.79. The predicted molar refractivity (Wildman–Crippen MR) is 361 cm³/mol. The lowest BCUT2D eigenvalue weighted by Crippen LogP contribution is -2.41. The number of methoxy groups -OCH3 is 4. The molecule has 3 heterocycles. The van der Waals surface area contributed by atoms with Crippen LogP contribution in [0.2, 0.25) is 0 Å². The van der Waals surface area contributed by atoms with Crippen LogP contribution in [-0.2, 0) is 28.7 Å². The molecule has 0 aliphatic carbocycles. The van der Waals surface area contributed by atoms with Crippen LogP contribution in [-0.4, -0.2) is 196 Å². The first-order chi connectivity index (χ1) is 46.5. The van der Waals surface area contributed by atoms with E-state index in [2.05, 4.69) is 47.3 Å². The minimum atomic E-state index is -1.06. The molecule has 38 heteroatoms. The molecule has 98 heavy (non-hydrogen) atoms. The van der Waals surface area contributed by atoms with Crippen molar-refractivity contribution in [1.29, 1.82) is 0 Å². The Morgan fingerprint density at radius 2 is 0.867 bits per heavy atom. The van der Waals surface area contributed by atoms with Crippen molar-refractivity contribution in [3.8, 4) is 34.5 Å². The number of carbonyl (C=O) groups excluding carboxylic acids is 8. The molecule has 0 bridgehead atoms. The molecule has 0 saturated carbocycles. The van der Waals surface area contributed by atoms with Crippen LogP contribution in [0.5, 0.6) is 34.5 Å². The average Bonchev–Trinajstić information content (AvgIpc) is 1.37. The molecule has 34 nitrogen and oxygen atoms in total. The molecule has 6 atom stereocenters. The number of aryl methyl sites for hydroxylation is 2. The molecule has 2 amide bonds. The third-order valence-electron chi connectivity index (χ3n) is 14.8. The number of nitrogens with one attached hydrogen (secondary N) is 1. The lowest BCUT2D eigenvalue weighted by Gasteiger charge is -2.22. The van der Waals surface area contributed by atoms with Gasteiger partial charge in [0.1, 0.15) is 45.8 Å². The fourth-order valence-electron chi connectivity index (χ4n) is 10.1. The number of amides is 2. The highest BCUT2D eigenvalue weighted by Gasteiger charge is 2.42. The molecule has 4 unspecified atom stereocenters. The van der Waals surface area contributed by atoms with Gasteiger partial charge < -0.3 is 68.3 Å². The number of β-amino-alcohol motifs (C(OH)–C–C–N with tert-alkyl or cyclic N) is 3. The molecule has 3 aliphatic rings. The number of nitro benzene ring substituents is 4. The van der Waals surface area contributed by atoms with Gasteiger partial charge in [0.05, 0.1) is 117 Å². The number of nitrogens with zero attached hydrogens (tertiary/aromatic N) is 6. The van der Waals surface area contributed by atoms with Crippen LogP contribution >= 0.6 is 60.4 Å². The fourth-order valence-corrected chi connectivity index (χ4v) is 10.4. The molecule has 0 aromatic heterocycles. The largest absolute Gasteiger partial charge is 0.493 e. The van der Waals surface area contributed by atoms with Crippen molar-refractivity contribution in [1.82, 2.24) is 15.1 Å². The van der Waals surface area contributed by atoms with E-state index in [9.17, 15) is 79.4 Å². The molecule has 4 aromatic rings. The topological polar surface area (TPSA) is 462 Å². The Hall–Kier alpha value is -8.24. The van der Waals surface area contributed by atoms with Crippen molar-refractivity contribution in [3.63, 3.8) is 0 Å². The highest BCUT2D eigenvalue weighted by atomic mass is 128. The summed E-state index contributed by atoms with van der Waals surface area (Å²) in [4.78, 5) is 134. The Labute approximate surface area is 592 Å². The second-order valence-corrected chi connectivity index (χ2v) is 22.1. The number of carbonyl (C=O) groups is 6. The Morgan fingerprint density at radius 1 is 0.520 bits per heavy atom. The lowest BCUT2D eigenvalue weighted by molar-refractivity contribution is -0.385. The number of esters is 2. The van der Waals surface area contributed by atoms with Crippen molar-refractivity contribution in [2.45, 2.75) is 115 Å². The number of ether oxygens (including phenoxy) is 8. The van der Waals surface area contributed by atoms with Gasteiger partial charge in [-0.2, -0.15) is 9.59 Å². The number of halogens is 4. The van der Waals surface area contributed by atoms with E-state index in [0.717, 1.165) is 36.3 Å². The molecular formula is C60H71Cl2I2N7O27. The molecule has 3 saturated heterocycles. The summed E-state index contributed by atoms with van der Waals surface area (Å²) in [7, 11) is 5.18. The Morgan fingerprint density at radius 3 is 1.23 bits per heavy atom. The molecule has 7 rings (SSSR count). The van der Waals surface area contributed by atoms with Gasteiger partial charge in [-0.25, -0.2) is 4.79 Å². The second kappa shape index (κ2) is 41.9. The van der Waals surface area contributed by atoms with Crippen LogP contribution in [0.1, 0.15) is 117 Å². The van der Waals surface area contributed by atoms with E-state index in [4.69, 9.17) is 71.1 Å². The van der Waals surface area contributed by atoms with Crippen LogP contribution in [0, 0.1) is 54.3 Å². The standard InChI is InChI=1S/C32H40N4O13.C21H20Cl2N2O9.C6H11NO3.CO2.I2/c1-18-10-22(31(40)34-17-21(38)12-26(34)32(41)47-4)24(35(42)43)14-27(18)48-8-6-5-7-9-49-29-15-25(36(44)45)23(13-28(29)46-3)30(39)33-16-20(37)11-19(33)2;1-12-8-13(20(22)26)15(24(28)29)10-17(12)33-6-4-3-5-7-34-19-11-16(25(30)31)14(21(23)27)9-18(19)32-2;1-10-6(9)5-2-4(8)3-7-5;2-1-3;1-2/h10,13-15,19-21,26,37-38H,5-9,11-12,16-17H2,1-4H3;8-11H,3-7H2,1-2H3;4-5,7-8H,2-3H2,1H3;;/t;;4-,5-;;/m..1../s1. The molecule has 4 N–H and O–H groups in total. The smallest absolute Gasteiger partial charge is 0.373 e. The van der Waals surface area contributed by atoms with Gasteiger partial charge in [-0.05, 0) is 112 Å². The lowest BCUT2D eigenvalue weighted by atomic mass is 10.1. The summed E-state index contributed by atoms with van der Waals surface area (Å²) < 4.78 is 42.4. The number of unbranched alkanes of at least 4 members (excludes halogenated alkanes) is 4. The number of rotatable bonds is 28. The minimum absolute atomic E-state index is 0.0388. The normalized spacial score (nSPS) is 17.2. The second-order valence-electron chi connectivity index (χ2n) is 21.4. The number of aliphatic hydroxyl groups is 3. The highest BCUT2D eigenvalue weighted by Crippen LogP contribution is 2.39. The molecular weight excluding hydrogens is 1580 g/mol. The molecule has 0 spiro atoms. The van der Waals surface area contributed by atoms with E-state index in [1.807, 2.05) is 0 Å². The Balaban J connectivity index is 0.000000438. The van der Waals surface area contributed by atoms with Crippen molar-refractivity contribution < 1.29 is 111 Å². The van der Waals surface area contributed by atoms with Gasteiger partial charge in [-0.1, -0.05) is 0 Å². The van der Waals surface area contributed by atoms with E-state index in [-0.39, 0.29) is 127 Å². The van der Waals surface area contributed by atoms with Crippen LogP contribution < -0.4 is 33.7 Å². The average molecular weight is 1650 g/mol. The number of aliphatic hydroxyl groups excluding tert-OH is 3. The number of benzene rings is 4. The van der Waals surface area contributed by atoms with Gasteiger partial charge in [0, 0.05) is 87.9 Å². The number of likely N-dealkylation sites (tertiary alicyclic amines) is 2. The first kappa shape index (κ1) is 84.0. The van der Waals surface area contributed by atoms with Gasteiger partial charge in [0.2, 0.25) is 0 Å². The zero-order chi connectivity index (χ0) is 73.7. The highest BCUT2D eigenvalue weighted by molar-refractivity contribution is 15.0. The monoisotopic (exact) mass is 1650 g/mol.